The number of nitrogens with one attached hydrogen (secondary N) is 1. The predicted molar refractivity (Wildman–Crippen MR) is 83.6 cm³/mol. The number of carbonyl (C=O) groups is 1. The van der Waals surface area contributed by atoms with Gasteiger partial charge < -0.3 is 10.2 Å². The van der Waals surface area contributed by atoms with E-state index < -0.39 is 0 Å². The van der Waals surface area contributed by atoms with Crippen LogP contribution in [0.25, 0.3) is 0 Å². The van der Waals surface area contributed by atoms with E-state index in [1.165, 1.54) is 38.5 Å². The Kier molecular flexibility index (Phi) is 6.34. The van der Waals surface area contributed by atoms with Crippen LogP contribution in [-0.2, 0) is 4.79 Å². The van der Waals surface area contributed by atoms with Crippen LogP contribution in [0.3, 0.4) is 0 Å². The number of carbonyl (C=O) groups excluding carboxylic acids is 1. The minimum atomic E-state index is 0.391. The van der Waals surface area contributed by atoms with Gasteiger partial charge in [0.15, 0.2) is 0 Å². The van der Waals surface area contributed by atoms with Gasteiger partial charge in [0, 0.05) is 25.6 Å². The minimum absolute atomic E-state index is 0.391. The number of hydrogen-bond donors (Lipinski definition) is 1. The Hall–Kier alpha value is -0.570. The molecule has 3 nitrogen and oxygen atoms in total. The third-order valence-corrected chi connectivity index (χ3v) is 5.19. The van der Waals surface area contributed by atoms with Crippen LogP contribution < -0.4 is 5.32 Å². The van der Waals surface area contributed by atoms with Crippen LogP contribution in [0.15, 0.2) is 0 Å². The van der Waals surface area contributed by atoms with E-state index in [2.05, 4.69) is 24.1 Å². The van der Waals surface area contributed by atoms with Crippen molar-refractivity contribution >= 4 is 5.91 Å². The van der Waals surface area contributed by atoms with Gasteiger partial charge >= 0.3 is 0 Å². The van der Waals surface area contributed by atoms with Gasteiger partial charge in [0.25, 0.3) is 0 Å². The summed E-state index contributed by atoms with van der Waals surface area (Å²) < 4.78 is 0. The van der Waals surface area contributed by atoms with Gasteiger partial charge in [-0.3, -0.25) is 4.79 Å². The maximum absolute atomic E-state index is 12.4. The second-order valence-electron chi connectivity index (χ2n) is 7.00. The average Bonchev–Trinajstić information content (AvgIpc) is 2.72. The van der Waals surface area contributed by atoms with Gasteiger partial charge in [0.05, 0.1) is 0 Å². The number of nitrogens with zero attached hydrogens (tertiary/aromatic N) is 1. The summed E-state index contributed by atoms with van der Waals surface area (Å²) in [4.78, 5) is 14.5. The third kappa shape index (κ3) is 4.76. The summed E-state index contributed by atoms with van der Waals surface area (Å²) in [6.07, 6.45) is 9.33. The molecule has 0 spiro atoms. The molecule has 20 heavy (non-hydrogen) atoms. The van der Waals surface area contributed by atoms with E-state index in [1.807, 2.05) is 0 Å². The number of rotatable bonds is 4. The summed E-state index contributed by atoms with van der Waals surface area (Å²) in [6.45, 7) is 7.74. The first kappa shape index (κ1) is 15.8. The van der Waals surface area contributed by atoms with Crippen LogP contribution in [0.1, 0.15) is 65.2 Å². The lowest BCUT2D eigenvalue weighted by molar-refractivity contribution is -0.131. The SMILES string of the molecule is CC(C)C1CCCN(C(=O)CCC2CCCCN2)CC1. The summed E-state index contributed by atoms with van der Waals surface area (Å²) >= 11 is 0. The smallest absolute Gasteiger partial charge is 0.222 e. The summed E-state index contributed by atoms with van der Waals surface area (Å²) in [5, 5.41) is 3.54. The summed E-state index contributed by atoms with van der Waals surface area (Å²) in [5.41, 5.74) is 0. The zero-order valence-electron chi connectivity index (χ0n) is 13.4. The van der Waals surface area contributed by atoms with Crippen LogP contribution in [0.4, 0.5) is 0 Å². The molecule has 116 valence electrons. The van der Waals surface area contributed by atoms with Crippen molar-refractivity contribution in [3.8, 4) is 0 Å². The van der Waals surface area contributed by atoms with Gasteiger partial charge in [-0.05, 0) is 56.9 Å². The van der Waals surface area contributed by atoms with Gasteiger partial charge in [0.2, 0.25) is 5.91 Å². The molecule has 3 heteroatoms. The van der Waals surface area contributed by atoms with Crippen LogP contribution in [-0.4, -0.2) is 36.5 Å². The second kappa shape index (κ2) is 8.02. The number of hydrogen-bond acceptors (Lipinski definition) is 2. The van der Waals surface area contributed by atoms with Crippen LogP contribution in [0.5, 0.6) is 0 Å². The summed E-state index contributed by atoms with van der Waals surface area (Å²) in [7, 11) is 0. The van der Waals surface area contributed by atoms with E-state index >= 15 is 0 Å². The van der Waals surface area contributed by atoms with Crippen LogP contribution in [0.2, 0.25) is 0 Å². The minimum Gasteiger partial charge on any atom is -0.343 e. The van der Waals surface area contributed by atoms with Gasteiger partial charge in [-0.25, -0.2) is 0 Å². The fourth-order valence-corrected chi connectivity index (χ4v) is 3.66. The third-order valence-electron chi connectivity index (χ3n) is 5.19. The van der Waals surface area contributed by atoms with Gasteiger partial charge in [0.1, 0.15) is 0 Å². The lowest BCUT2D eigenvalue weighted by Crippen LogP contribution is -2.37. The van der Waals surface area contributed by atoms with Gasteiger partial charge in [-0.15, -0.1) is 0 Å². The van der Waals surface area contributed by atoms with Crippen molar-refractivity contribution in [3.05, 3.63) is 0 Å². The molecule has 2 aliphatic rings. The Morgan fingerprint density at radius 3 is 2.70 bits per heavy atom. The Morgan fingerprint density at radius 1 is 1.15 bits per heavy atom. The Morgan fingerprint density at radius 2 is 2.00 bits per heavy atom. The summed E-state index contributed by atoms with van der Waals surface area (Å²) in [5.74, 6) is 1.96. The predicted octanol–water partition coefficient (Wildman–Crippen LogP) is 3.19. The fourth-order valence-electron chi connectivity index (χ4n) is 3.66. The maximum atomic E-state index is 12.4. The normalized spacial score (nSPS) is 28.4. The largest absolute Gasteiger partial charge is 0.343 e. The number of piperidine rings is 1. The molecular formula is C17H32N2O. The molecule has 0 aliphatic carbocycles. The number of amides is 1. The molecule has 2 heterocycles. The molecule has 1 amide bonds. The monoisotopic (exact) mass is 280 g/mol. The van der Waals surface area contributed by atoms with Crippen molar-refractivity contribution < 1.29 is 4.79 Å². The first-order chi connectivity index (χ1) is 9.66. The van der Waals surface area contributed by atoms with Crippen molar-refractivity contribution in [3.63, 3.8) is 0 Å². The van der Waals surface area contributed by atoms with Crippen LogP contribution in [0, 0.1) is 11.8 Å². The Balaban J connectivity index is 1.71. The second-order valence-corrected chi connectivity index (χ2v) is 7.00. The van der Waals surface area contributed by atoms with Crippen molar-refractivity contribution in [2.24, 2.45) is 11.8 Å². The highest BCUT2D eigenvalue weighted by atomic mass is 16.2. The topological polar surface area (TPSA) is 32.3 Å². The fraction of sp³-hybridized carbons (Fsp3) is 0.941. The summed E-state index contributed by atoms with van der Waals surface area (Å²) in [6, 6.07) is 0.586. The molecule has 2 unspecified atom stereocenters. The van der Waals surface area contributed by atoms with Crippen LogP contribution >= 0.6 is 0 Å². The van der Waals surface area contributed by atoms with Gasteiger partial charge in [-0.2, -0.15) is 0 Å². The lowest BCUT2D eigenvalue weighted by Gasteiger charge is -2.25. The van der Waals surface area contributed by atoms with E-state index in [0.717, 1.165) is 44.3 Å². The molecule has 0 aromatic heterocycles. The highest BCUT2D eigenvalue weighted by Crippen LogP contribution is 2.25. The van der Waals surface area contributed by atoms with E-state index in [9.17, 15) is 4.79 Å². The zero-order valence-corrected chi connectivity index (χ0v) is 13.4. The molecule has 2 aliphatic heterocycles. The quantitative estimate of drug-likeness (QED) is 0.857. The van der Waals surface area contributed by atoms with Crippen molar-refractivity contribution in [2.75, 3.05) is 19.6 Å². The van der Waals surface area contributed by atoms with E-state index in [0.29, 0.717) is 11.9 Å². The van der Waals surface area contributed by atoms with Crippen molar-refractivity contribution in [1.29, 1.82) is 0 Å². The first-order valence-corrected chi connectivity index (χ1v) is 8.68. The Labute approximate surface area is 124 Å². The molecule has 0 radical (unpaired) electrons. The molecule has 0 saturated carbocycles. The molecule has 2 saturated heterocycles. The highest BCUT2D eigenvalue weighted by Gasteiger charge is 2.23. The van der Waals surface area contributed by atoms with E-state index in [-0.39, 0.29) is 0 Å². The lowest BCUT2D eigenvalue weighted by atomic mass is 9.89. The van der Waals surface area contributed by atoms with E-state index in [1.54, 1.807) is 0 Å². The Bertz CT molecular complexity index is 297. The first-order valence-electron chi connectivity index (χ1n) is 8.68. The maximum Gasteiger partial charge on any atom is 0.222 e. The molecule has 2 atom stereocenters. The molecule has 1 N–H and O–H groups in total. The highest BCUT2D eigenvalue weighted by molar-refractivity contribution is 5.76. The molecule has 0 aromatic carbocycles. The molecular weight excluding hydrogens is 248 g/mol. The van der Waals surface area contributed by atoms with Crippen molar-refractivity contribution in [2.45, 2.75) is 71.3 Å². The molecule has 0 bridgehead atoms. The van der Waals surface area contributed by atoms with Crippen molar-refractivity contribution in [1.82, 2.24) is 10.2 Å². The van der Waals surface area contributed by atoms with E-state index in [4.69, 9.17) is 0 Å². The molecule has 0 aromatic rings. The zero-order chi connectivity index (χ0) is 14.4. The van der Waals surface area contributed by atoms with Gasteiger partial charge in [-0.1, -0.05) is 20.3 Å². The molecule has 2 rings (SSSR count). The molecule has 2 fully saturated rings. The number of likely N-dealkylation sites (tertiary alicyclic amines) is 1. The average molecular weight is 280 g/mol. The standard InChI is InChI=1S/C17H32N2O/c1-14(2)15-6-5-12-19(13-10-15)17(20)9-8-16-7-3-4-11-18-16/h14-16,18H,3-13H2,1-2H3.